The molecule has 6 aromatic rings. The maximum absolute atomic E-state index is 11.5. The van der Waals surface area contributed by atoms with E-state index < -0.39 is 0 Å². The Balaban J connectivity index is -0.000000828. The van der Waals surface area contributed by atoms with Crippen LogP contribution < -0.4 is 14.8 Å². The molecular weight excluding hydrogens is 955 g/mol. The molecule has 8 rings (SSSR count). The first-order chi connectivity index (χ1) is 37.0. The lowest BCUT2D eigenvalue weighted by molar-refractivity contribution is -0.126. The number of carbonyl (C=O) groups excluding carboxylic acids is 2. The summed E-state index contributed by atoms with van der Waals surface area (Å²) in [6, 6.07) is 24.2. The highest BCUT2D eigenvalue weighted by atomic mass is 16.7. The first-order valence-corrected chi connectivity index (χ1v) is 28.9. The predicted octanol–water partition coefficient (Wildman–Crippen LogP) is 18.7. The van der Waals surface area contributed by atoms with Gasteiger partial charge in [0.15, 0.2) is 11.5 Å². The van der Waals surface area contributed by atoms with Crippen molar-refractivity contribution in [1.29, 1.82) is 0 Å². The summed E-state index contributed by atoms with van der Waals surface area (Å²) in [7, 11) is 0. The van der Waals surface area contributed by atoms with Gasteiger partial charge in [0, 0.05) is 67.3 Å². The van der Waals surface area contributed by atoms with Gasteiger partial charge in [0.1, 0.15) is 0 Å². The number of carbonyl (C=O) groups is 2. The molecule has 77 heavy (non-hydrogen) atoms. The van der Waals surface area contributed by atoms with Crippen molar-refractivity contribution in [3.63, 3.8) is 0 Å². The Bertz CT molecular complexity index is 2260. The van der Waals surface area contributed by atoms with E-state index in [4.69, 9.17) is 9.47 Å². The highest BCUT2D eigenvalue weighted by Crippen LogP contribution is 2.34. The number of rotatable bonds is 8. The minimum atomic E-state index is 0.0122. The molecule has 2 aliphatic rings. The van der Waals surface area contributed by atoms with Crippen molar-refractivity contribution in [1.82, 2.24) is 30.0 Å². The maximum Gasteiger partial charge on any atom is 0.246 e. The van der Waals surface area contributed by atoms with E-state index in [9.17, 15) is 9.59 Å². The molecular formula is C66H107N7O4. The number of benzene rings is 2. The van der Waals surface area contributed by atoms with E-state index in [1.54, 1.807) is 36.8 Å². The number of hydrogen-bond donors (Lipinski definition) is 2. The van der Waals surface area contributed by atoms with Crippen molar-refractivity contribution >= 4 is 28.4 Å². The SMILES string of the molecule is CC.CC.CC.CC.CC.CC(C)/C=C/C(=O)N1CCCCC1.CC(C)C(=O)Nc1ccncc1.CC(C)c1ccc2c(c1)OCO2.CC(C)c1ccc2cn[nH]c2c1.CC(C)c1cccnc1.CC(C)c1ccncc1. The second-order valence-electron chi connectivity index (χ2n) is 18.4. The molecule has 1 fully saturated rings. The Kier molecular flexibility index (Phi) is 46.7. The number of amides is 2. The molecule has 11 nitrogen and oxygen atoms in total. The van der Waals surface area contributed by atoms with E-state index >= 15 is 0 Å². The molecule has 2 N–H and O–H groups in total. The van der Waals surface area contributed by atoms with Gasteiger partial charge in [0.05, 0.1) is 11.7 Å². The average Bonchev–Trinajstić information content (AvgIpc) is 4.17. The minimum absolute atomic E-state index is 0.0122. The number of nitrogens with one attached hydrogen (secondary N) is 2. The molecule has 0 atom stereocenters. The summed E-state index contributed by atoms with van der Waals surface area (Å²) in [5.74, 6) is 4.77. The molecule has 0 saturated carbocycles. The van der Waals surface area contributed by atoms with E-state index in [0.29, 0.717) is 36.4 Å². The third kappa shape index (κ3) is 34.1. The van der Waals surface area contributed by atoms with Crippen molar-refractivity contribution in [2.45, 2.75) is 195 Å². The molecule has 430 valence electrons. The van der Waals surface area contributed by atoms with Gasteiger partial charge < -0.3 is 19.7 Å². The number of pyridine rings is 3. The number of aromatic amines is 1. The van der Waals surface area contributed by atoms with Crippen molar-refractivity contribution in [2.75, 3.05) is 25.2 Å². The molecule has 0 unspecified atom stereocenters. The molecule has 4 aromatic heterocycles. The zero-order valence-electron chi connectivity index (χ0n) is 52.2. The highest BCUT2D eigenvalue weighted by molar-refractivity contribution is 5.91. The number of allylic oxidation sites excluding steroid dienone is 1. The van der Waals surface area contributed by atoms with E-state index in [1.807, 2.05) is 149 Å². The number of aromatic nitrogens is 5. The first kappa shape index (κ1) is 74.9. The number of nitrogens with zero attached hydrogens (tertiary/aromatic N) is 5. The summed E-state index contributed by atoms with van der Waals surface area (Å²) >= 11 is 0. The molecule has 1 saturated heterocycles. The van der Waals surface area contributed by atoms with Gasteiger partial charge in [0.25, 0.3) is 0 Å². The van der Waals surface area contributed by atoms with Gasteiger partial charge in [0.2, 0.25) is 18.6 Å². The number of ether oxygens (including phenoxy) is 2. The Morgan fingerprint density at radius 1 is 0.545 bits per heavy atom. The van der Waals surface area contributed by atoms with Crippen molar-refractivity contribution in [3.05, 3.63) is 151 Å². The van der Waals surface area contributed by atoms with E-state index in [1.165, 1.54) is 46.9 Å². The number of likely N-dealkylation sites (tertiary alicyclic amines) is 1. The van der Waals surface area contributed by atoms with E-state index in [0.717, 1.165) is 35.8 Å². The molecule has 11 heteroatoms. The molecule has 6 heterocycles. The molecule has 2 amide bonds. The first-order valence-electron chi connectivity index (χ1n) is 28.9. The fraction of sp³-hybridized carbons (Fsp3) is 0.515. The lowest BCUT2D eigenvalue weighted by atomic mass is 10.0. The van der Waals surface area contributed by atoms with Crippen LogP contribution in [0.3, 0.4) is 0 Å². The zero-order chi connectivity index (χ0) is 59.1. The van der Waals surface area contributed by atoms with E-state index in [-0.39, 0.29) is 17.7 Å². The van der Waals surface area contributed by atoms with Gasteiger partial charge in [-0.25, -0.2) is 0 Å². The number of hydrogen-bond acceptors (Lipinski definition) is 8. The van der Waals surface area contributed by atoms with Gasteiger partial charge in [-0.05, 0) is 126 Å². The quantitative estimate of drug-likeness (QED) is 0.144. The van der Waals surface area contributed by atoms with Crippen LogP contribution in [0.1, 0.15) is 218 Å². The van der Waals surface area contributed by atoms with Gasteiger partial charge in [-0.15, -0.1) is 0 Å². The van der Waals surface area contributed by atoms with Crippen LogP contribution in [-0.2, 0) is 9.59 Å². The minimum Gasteiger partial charge on any atom is -0.454 e. The van der Waals surface area contributed by atoms with Crippen molar-refractivity contribution in [3.8, 4) is 11.5 Å². The Morgan fingerprint density at radius 2 is 1.05 bits per heavy atom. The highest BCUT2D eigenvalue weighted by Gasteiger charge is 2.15. The lowest BCUT2D eigenvalue weighted by Crippen LogP contribution is -2.34. The van der Waals surface area contributed by atoms with Crippen LogP contribution >= 0.6 is 0 Å². The smallest absolute Gasteiger partial charge is 0.246 e. The standard InChI is InChI=1S/C11H19NO.C10H12N2.C10H12O2.C9H12N2O.2C8H11N.5C2H6/c1-10(2)6-7-11(13)12-8-4-3-5-9-12;1-7(2)8-3-4-9-6-11-12-10(9)5-8;1-7(2)8-3-4-9-10(5-8)12-6-11-9;1-7(2)9(12)11-8-3-5-10-6-4-8;1-7(2)8-3-5-9-6-4-8;1-7(2)8-4-3-5-9-6-8;5*1-2/h6-7,10H,3-5,8-9H2,1-2H3;3-7H,1-2H3,(H,11,12);3-5,7H,6H2,1-2H3;3-7H,1-2H3,(H,10,11,12);2*3-7H,1-2H3;5*1-2H3/b7-6+;;;;;;;;;;. The summed E-state index contributed by atoms with van der Waals surface area (Å²) in [5, 5.41) is 10.9. The number of piperidine rings is 1. The Morgan fingerprint density at radius 3 is 1.52 bits per heavy atom. The van der Waals surface area contributed by atoms with Crippen LogP contribution in [-0.4, -0.2) is 61.7 Å². The van der Waals surface area contributed by atoms with Crippen LogP contribution in [0.2, 0.25) is 0 Å². The Hall–Kier alpha value is -6.36. The predicted molar refractivity (Wildman–Crippen MR) is 332 cm³/mol. The molecule has 0 aliphatic carbocycles. The summed E-state index contributed by atoms with van der Waals surface area (Å²) < 4.78 is 10.5. The molecule has 0 radical (unpaired) electrons. The number of anilines is 1. The van der Waals surface area contributed by atoms with Crippen molar-refractivity contribution < 1.29 is 19.1 Å². The summed E-state index contributed by atoms with van der Waals surface area (Å²) in [5.41, 5.74) is 7.22. The second kappa shape index (κ2) is 48.0. The van der Waals surface area contributed by atoms with Crippen molar-refractivity contribution in [2.24, 2.45) is 11.8 Å². The largest absolute Gasteiger partial charge is 0.454 e. The van der Waals surface area contributed by atoms with Crippen LogP contribution in [0, 0.1) is 11.8 Å². The maximum atomic E-state index is 11.5. The normalized spacial score (nSPS) is 11.4. The summed E-state index contributed by atoms with van der Waals surface area (Å²) in [6.45, 7) is 47.5. The average molecular weight is 1060 g/mol. The molecule has 2 aliphatic heterocycles. The van der Waals surface area contributed by atoms with Crippen LogP contribution in [0.15, 0.2) is 128 Å². The third-order valence-electron chi connectivity index (χ3n) is 10.7. The Labute approximate surface area is 469 Å². The molecule has 0 spiro atoms. The fourth-order valence-electron chi connectivity index (χ4n) is 6.27. The zero-order valence-corrected chi connectivity index (χ0v) is 52.2. The molecule has 2 aromatic carbocycles. The summed E-state index contributed by atoms with van der Waals surface area (Å²) in [6.07, 6.45) is 19.8. The topological polar surface area (TPSA) is 135 Å². The lowest BCUT2D eigenvalue weighted by Gasteiger charge is -2.25. The number of H-pyrrole nitrogens is 1. The third-order valence-corrected chi connectivity index (χ3v) is 10.7. The van der Waals surface area contributed by atoms with Gasteiger partial charge in [-0.2, -0.15) is 5.10 Å². The molecule has 0 bridgehead atoms. The fourth-order valence-corrected chi connectivity index (χ4v) is 6.27. The van der Waals surface area contributed by atoms with Gasteiger partial charge >= 0.3 is 0 Å². The number of fused-ring (bicyclic) bond motifs is 2. The monoisotopic (exact) mass is 1060 g/mol. The van der Waals surface area contributed by atoms with Gasteiger partial charge in [-0.3, -0.25) is 29.6 Å². The van der Waals surface area contributed by atoms with Crippen LogP contribution in [0.5, 0.6) is 11.5 Å². The van der Waals surface area contributed by atoms with Gasteiger partial charge in [-0.1, -0.05) is 183 Å². The van der Waals surface area contributed by atoms with Crippen LogP contribution in [0.25, 0.3) is 10.9 Å². The summed E-state index contributed by atoms with van der Waals surface area (Å²) in [4.78, 5) is 36.4. The second-order valence-corrected chi connectivity index (χ2v) is 18.4. The van der Waals surface area contributed by atoms with Crippen LogP contribution in [0.4, 0.5) is 5.69 Å². The van der Waals surface area contributed by atoms with E-state index in [2.05, 4.69) is 130 Å².